The first kappa shape index (κ1) is 18.4. The lowest BCUT2D eigenvalue weighted by molar-refractivity contribution is 0.0473. The zero-order valence-electron chi connectivity index (χ0n) is 14.2. The summed E-state index contributed by atoms with van der Waals surface area (Å²) in [7, 11) is 0. The van der Waals surface area contributed by atoms with E-state index in [9.17, 15) is 4.79 Å². The van der Waals surface area contributed by atoms with Crippen molar-refractivity contribution in [3.63, 3.8) is 0 Å². The largest absolute Gasteiger partial charge is 0.489 e. The molecule has 1 aliphatic heterocycles. The molecule has 0 spiro atoms. The zero-order valence-corrected chi connectivity index (χ0v) is 14.9. The number of hydrogen-bond donors (Lipinski definition) is 2. The molecule has 6 nitrogen and oxygen atoms in total. The average Bonchev–Trinajstić information content (AvgIpc) is 2.90. The molecule has 0 saturated carbocycles. The van der Waals surface area contributed by atoms with Crippen molar-refractivity contribution >= 4 is 23.3 Å². The molecule has 2 aromatic rings. The summed E-state index contributed by atoms with van der Waals surface area (Å²) < 4.78 is 16.6. The van der Waals surface area contributed by atoms with Crippen molar-refractivity contribution in [3.8, 4) is 11.5 Å². The number of carbonyl (C=O) groups excluding carboxylic acids is 1. The van der Waals surface area contributed by atoms with Gasteiger partial charge in [-0.05, 0) is 29.8 Å². The van der Waals surface area contributed by atoms with Crippen LogP contribution in [-0.4, -0.2) is 37.4 Å². The highest BCUT2D eigenvalue weighted by molar-refractivity contribution is 6.32. The van der Waals surface area contributed by atoms with Gasteiger partial charge in [-0.25, -0.2) is 4.79 Å². The van der Waals surface area contributed by atoms with Crippen LogP contribution in [0.3, 0.4) is 0 Å². The molecule has 26 heavy (non-hydrogen) atoms. The SMILES string of the molecule is O=C(OCc1cc(Cl)c2c(c1)OCCCO2)c1ccccc1NCCO. The van der Waals surface area contributed by atoms with E-state index in [1.165, 1.54) is 0 Å². The van der Waals surface area contributed by atoms with E-state index in [4.69, 9.17) is 30.9 Å². The Morgan fingerprint density at radius 3 is 2.88 bits per heavy atom. The van der Waals surface area contributed by atoms with Gasteiger partial charge in [0.2, 0.25) is 0 Å². The van der Waals surface area contributed by atoms with Gasteiger partial charge < -0.3 is 24.6 Å². The minimum Gasteiger partial charge on any atom is -0.489 e. The van der Waals surface area contributed by atoms with Crippen LogP contribution in [-0.2, 0) is 11.3 Å². The Labute approximate surface area is 156 Å². The van der Waals surface area contributed by atoms with Crippen LogP contribution < -0.4 is 14.8 Å². The van der Waals surface area contributed by atoms with Gasteiger partial charge in [-0.2, -0.15) is 0 Å². The maximum Gasteiger partial charge on any atom is 0.340 e. The quantitative estimate of drug-likeness (QED) is 0.752. The first-order chi connectivity index (χ1) is 12.7. The molecule has 7 heteroatoms. The maximum atomic E-state index is 12.4. The number of fused-ring (bicyclic) bond motifs is 1. The van der Waals surface area contributed by atoms with Crippen molar-refractivity contribution in [3.05, 3.63) is 52.5 Å². The van der Waals surface area contributed by atoms with Gasteiger partial charge in [-0.1, -0.05) is 23.7 Å². The number of aliphatic hydroxyl groups is 1. The summed E-state index contributed by atoms with van der Waals surface area (Å²) in [5, 5.41) is 12.4. The van der Waals surface area contributed by atoms with Gasteiger partial charge in [0, 0.05) is 18.7 Å². The minimum absolute atomic E-state index is 0.0287. The molecule has 0 radical (unpaired) electrons. The van der Waals surface area contributed by atoms with E-state index in [2.05, 4.69) is 5.32 Å². The van der Waals surface area contributed by atoms with Crippen molar-refractivity contribution in [1.82, 2.24) is 0 Å². The summed E-state index contributed by atoms with van der Waals surface area (Å²) in [4.78, 5) is 12.4. The van der Waals surface area contributed by atoms with Gasteiger partial charge in [0.15, 0.2) is 11.5 Å². The van der Waals surface area contributed by atoms with Gasteiger partial charge in [0.05, 0.1) is 30.4 Å². The number of esters is 1. The van der Waals surface area contributed by atoms with Crippen molar-refractivity contribution < 1.29 is 24.1 Å². The Balaban J connectivity index is 1.70. The lowest BCUT2D eigenvalue weighted by Gasteiger charge is -2.13. The number of anilines is 1. The second kappa shape index (κ2) is 8.78. The van der Waals surface area contributed by atoms with Gasteiger partial charge in [0.1, 0.15) is 6.61 Å². The number of nitrogens with one attached hydrogen (secondary N) is 1. The van der Waals surface area contributed by atoms with Crippen molar-refractivity contribution in [1.29, 1.82) is 0 Å². The molecule has 138 valence electrons. The van der Waals surface area contributed by atoms with E-state index in [0.29, 0.717) is 53.1 Å². The topological polar surface area (TPSA) is 77.0 Å². The molecular formula is C19H20ClNO5. The number of halogens is 1. The fraction of sp³-hybridized carbons (Fsp3) is 0.316. The second-order valence-electron chi connectivity index (χ2n) is 5.73. The molecule has 0 amide bonds. The van der Waals surface area contributed by atoms with Crippen LogP contribution in [0, 0.1) is 0 Å². The molecule has 0 fully saturated rings. The molecule has 2 N–H and O–H groups in total. The Bertz CT molecular complexity index is 781. The summed E-state index contributed by atoms with van der Waals surface area (Å²) in [6, 6.07) is 10.5. The number of hydrogen-bond acceptors (Lipinski definition) is 6. The summed E-state index contributed by atoms with van der Waals surface area (Å²) in [6.45, 7) is 1.49. The van der Waals surface area contributed by atoms with Gasteiger partial charge in [-0.3, -0.25) is 0 Å². The maximum absolute atomic E-state index is 12.4. The van der Waals surface area contributed by atoms with Crippen molar-refractivity contribution in [2.45, 2.75) is 13.0 Å². The van der Waals surface area contributed by atoms with E-state index < -0.39 is 5.97 Å². The van der Waals surface area contributed by atoms with Gasteiger partial charge in [-0.15, -0.1) is 0 Å². The molecule has 0 aliphatic carbocycles. The second-order valence-corrected chi connectivity index (χ2v) is 6.13. The number of rotatable bonds is 6. The van der Waals surface area contributed by atoms with E-state index in [1.807, 2.05) is 0 Å². The third-order valence-corrected chi connectivity index (χ3v) is 4.09. The Morgan fingerprint density at radius 1 is 1.23 bits per heavy atom. The molecule has 0 atom stereocenters. The molecule has 3 rings (SSSR count). The molecule has 1 aliphatic rings. The number of para-hydroxylation sites is 1. The van der Waals surface area contributed by atoms with Crippen LogP contribution >= 0.6 is 11.6 Å². The van der Waals surface area contributed by atoms with Crippen LogP contribution in [0.25, 0.3) is 0 Å². The van der Waals surface area contributed by atoms with Crippen LogP contribution in [0.4, 0.5) is 5.69 Å². The Hall–Kier alpha value is -2.44. The number of ether oxygens (including phenoxy) is 3. The Morgan fingerprint density at radius 2 is 2.04 bits per heavy atom. The highest BCUT2D eigenvalue weighted by Gasteiger charge is 2.17. The molecule has 0 bridgehead atoms. The first-order valence-corrected chi connectivity index (χ1v) is 8.75. The molecule has 1 heterocycles. The smallest absolute Gasteiger partial charge is 0.340 e. The molecule has 0 saturated heterocycles. The number of aliphatic hydroxyl groups excluding tert-OH is 1. The van der Waals surface area contributed by atoms with E-state index in [0.717, 1.165) is 6.42 Å². The fourth-order valence-corrected chi connectivity index (χ4v) is 2.89. The monoisotopic (exact) mass is 377 g/mol. The van der Waals surface area contributed by atoms with Crippen LogP contribution in [0.5, 0.6) is 11.5 Å². The lowest BCUT2D eigenvalue weighted by atomic mass is 10.1. The number of benzene rings is 2. The third kappa shape index (κ3) is 4.39. The number of carbonyl (C=O) groups is 1. The Kier molecular flexibility index (Phi) is 6.20. The van der Waals surface area contributed by atoms with E-state index in [1.54, 1.807) is 36.4 Å². The summed E-state index contributed by atoms with van der Waals surface area (Å²) in [5.41, 5.74) is 1.73. The van der Waals surface area contributed by atoms with Crippen molar-refractivity contribution in [2.75, 3.05) is 31.7 Å². The third-order valence-electron chi connectivity index (χ3n) is 3.81. The average molecular weight is 378 g/mol. The first-order valence-electron chi connectivity index (χ1n) is 8.38. The predicted molar refractivity (Wildman–Crippen MR) is 98.2 cm³/mol. The highest BCUT2D eigenvalue weighted by atomic mass is 35.5. The summed E-state index contributed by atoms with van der Waals surface area (Å²) in [6.07, 6.45) is 0.785. The van der Waals surface area contributed by atoms with Crippen LogP contribution in [0.1, 0.15) is 22.3 Å². The zero-order chi connectivity index (χ0) is 18.4. The standard InChI is InChI=1S/C19H20ClNO5/c20-15-10-13(11-17-18(15)25-9-3-8-24-17)12-26-19(23)14-4-1-2-5-16(14)21-6-7-22/h1-2,4-5,10-11,21-22H,3,6-9,12H2. The van der Waals surface area contributed by atoms with Crippen LogP contribution in [0.2, 0.25) is 5.02 Å². The lowest BCUT2D eigenvalue weighted by Crippen LogP contribution is -2.12. The predicted octanol–water partition coefficient (Wildman–Crippen LogP) is 3.26. The summed E-state index contributed by atoms with van der Waals surface area (Å²) >= 11 is 6.26. The molecule has 0 aromatic heterocycles. The van der Waals surface area contributed by atoms with Crippen LogP contribution in [0.15, 0.2) is 36.4 Å². The normalized spacial score (nSPS) is 13.0. The van der Waals surface area contributed by atoms with E-state index in [-0.39, 0.29) is 13.2 Å². The molecule has 2 aromatic carbocycles. The van der Waals surface area contributed by atoms with Gasteiger partial charge in [0.25, 0.3) is 0 Å². The van der Waals surface area contributed by atoms with Gasteiger partial charge >= 0.3 is 5.97 Å². The summed E-state index contributed by atoms with van der Waals surface area (Å²) in [5.74, 6) is 0.623. The minimum atomic E-state index is -0.464. The molecular weight excluding hydrogens is 358 g/mol. The highest BCUT2D eigenvalue weighted by Crippen LogP contribution is 2.38. The van der Waals surface area contributed by atoms with Crippen molar-refractivity contribution in [2.24, 2.45) is 0 Å². The molecule has 0 unspecified atom stereocenters. The fourth-order valence-electron chi connectivity index (χ4n) is 2.60. The van der Waals surface area contributed by atoms with E-state index >= 15 is 0 Å².